The van der Waals surface area contributed by atoms with Crippen molar-refractivity contribution in [1.82, 2.24) is 0 Å². The van der Waals surface area contributed by atoms with Gasteiger partial charge in [0.2, 0.25) is 0 Å². The quantitative estimate of drug-likeness (QED) is 0.146. The first-order valence-corrected chi connectivity index (χ1v) is 27.6. The van der Waals surface area contributed by atoms with Gasteiger partial charge in [0.05, 0.1) is 0 Å². The Kier molecular flexibility index (Phi) is 12.4. The molecule has 6 aromatic carbocycles. The maximum absolute atomic E-state index is 6.77. The molecule has 2 unspecified atom stereocenters. The predicted octanol–water partition coefficient (Wildman–Crippen LogP) is 15.2. The number of hydrogen-bond donors (Lipinski definition) is 0. The van der Waals surface area contributed by atoms with Crippen molar-refractivity contribution in [3.8, 4) is 22.3 Å². The van der Waals surface area contributed by atoms with E-state index in [1.165, 1.54) is 44.5 Å². The molecule has 0 heterocycles. The van der Waals surface area contributed by atoms with Crippen molar-refractivity contribution in [3.63, 3.8) is 0 Å². The number of hydrogen-bond acceptors (Lipinski definition) is 0. The van der Waals surface area contributed by atoms with Gasteiger partial charge < -0.3 is 0 Å². The van der Waals surface area contributed by atoms with Gasteiger partial charge in [-0.15, -0.1) is 24.8 Å². The molecular formula is C46H38Cl6SiZr. The number of benzene rings is 6. The third kappa shape index (κ3) is 6.78. The maximum atomic E-state index is 6.77. The smallest absolute Gasteiger partial charge is 0.147 e. The summed E-state index contributed by atoms with van der Waals surface area (Å²) in [6.45, 7) is 9.75. The van der Waals surface area contributed by atoms with Gasteiger partial charge in [-0.2, -0.15) is 0 Å². The molecule has 0 amide bonds. The van der Waals surface area contributed by atoms with Crippen LogP contribution in [0.1, 0.15) is 44.5 Å². The predicted molar refractivity (Wildman–Crippen MR) is 238 cm³/mol. The summed E-state index contributed by atoms with van der Waals surface area (Å²) in [6, 6.07) is 43.8. The summed E-state index contributed by atoms with van der Waals surface area (Å²) < 4.78 is -0.454. The molecule has 8 rings (SSSR count). The minimum Gasteiger partial charge on any atom is -0.147 e. The molecule has 0 aliphatic heterocycles. The fourth-order valence-corrected chi connectivity index (χ4v) is 35.2. The van der Waals surface area contributed by atoms with Gasteiger partial charge in [0.15, 0.2) is 0 Å². The van der Waals surface area contributed by atoms with Gasteiger partial charge in [-0.05, 0) is 0 Å². The number of halogens is 6. The van der Waals surface area contributed by atoms with Crippen molar-refractivity contribution in [2.75, 3.05) is 0 Å². The van der Waals surface area contributed by atoms with Crippen molar-refractivity contribution in [2.24, 2.45) is 0 Å². The average molecular weight is 923 g/mol. The molecule has 2 aliphatic carbocycles. The Labute approximate surface area is 359 Å². The molecule has 2 atom stereocenters. The molecule has 6 aromatic rings. The van der Waals surface area contributed by atoms with E-state index in [4.69, 9.17) is 46.4 Å². The summed E-state index contributed by atoms with van der Waals surface area (Å²) in [5, 5.41) is 2.60. The summed E-state index contributed by atoms with van der Waals surface area (Å²) in [7, 11) is 0. The number of rotatable bonds is 6. The molecule has 0 saturated heterocycles. The Morgan fingerprint density at radius 1 is 0.481 bits per heavy atom. The maximum Gasteiger partial charge on any atom is -0.147 e. The zero-order chi connectivity index (χ0) is 36.4. The fraction of sp³-hybridized carbons (Fsp3) is 0.130. The second-order valence-corrected chi connectivity index (χ2v) is 33.9. The zero-order valence-electron chi connectivity index (χ0n) is 30.2. The van der Waals surface area contributed by atoms with Gasteiger partial charge in [-0.25, -0.2) is 0 Å². The normalized spacial score (nSPS) is 17.7. The van der Waals surface area contributed by atoms with Crippen molar-refractivity contribution in [3.05, 3.63) is 198 Å². The number of aryl methyl sites for hydroxylation is 2. The molecule has 54 heavy (non-hydrogen) atoms. The number of fused-ring (bicyclic) bond motifs is 2. The first-order chi connectivity index (χ1) is 25.0. The molecule has 0 radical (unpaired) electrons. The van der Waals surface area contributed by atoms with E-state index in [2.05, 4.69) is 136 Å². The van der Waals surface area contributed by atoms with Crippen LogP contribution in [0.2, 0.25) is 33.2 Å². The summed E-state index contributed by atoms with van der Waals surface area (Å²) >= 11 is 23.2. The van der Waals surface area contributed by atoms with Crippen LogP contribution in [-0.4, -0.2) is 5.43 Å². The van der Waals surface area contributed by atoms with Gasteiger partial charge >= 0.3 is 338 Å². The Hall–Kier alpha value is -2.36. The van der Waals surface area contributed by atoms with E-state index in [-0.39, 0.29) is 31.1 Å². The summed E-state index contributed by atoms with van der Waals surface area (Å²) in [6.07, 6.45) is 10.0. The van der Waals surface area contributed by atoms with Crippen molar-refractivity contribution < 1.29 is 20.4 Å². The van der Waals surface area contributed by atoms with Gasteiger partial charge in [-0.3, -0.25) is 0 Å². The van der Waals surface area contributed by atoms with Crippen LogP contribution >= 0.6 is 71.2 Å². The van der Waals surface area contributed by atoms with E-state index in [0.717, 1.165) is 22.3 Å². The van der Waals surface area contributed by atoms with Gasteiger partial charge in [-0.1, -0.05) is 0 Å². The van der Waals surface area contributed by atoms with Gasteiger partial charge in [0.1, 0.15) is 0 Å². The monoisotopic (exact) mass is 918 g/mol. The van der Waals surface area contributed by atoms with E-state index >= 15 is 0 Å². The van der Waals surface area contributed by atoms with Crippen molar-refractivity contribution in [2.45, 2.75) is 33.2 Å². The van der Waals surface area contributed by atoms with Gasteiger partial charge in [0, 0.05) is 0 Å². The SMILES string of the molecule is Cc1cc(-c2ccc(Cl)cc2Cl)ccc1[C]1([Zr](=[Si](C)C)[C]2(c3ccc(-c4ccc(Cl)cc4Cl)cc3C)C=Cc3ccccc32)C=Cc2ccccc21.Cl.Cl. The van der Waals surface area contributed by atoms with Crippen molar-refractivity contribution >= 4 is 88.8 Å². The van der Waals surface area contributed by atoms with Crippen LogP contribution in [0.15, 0.2) is 133 Å². The van der Waals surface area contributed by atoms with Crippen LogP contribution in [0, 0.1) is 13.8 Å². The summed E-state index contributed by atoms with van der Waals surface area (Å²) in [4.78, 5) is 0. The molecule has 2 aliphatic rings. The second-order valence-electron chi connectivity index (χ2n) is 14.1. The van der Waals surface area contributed by atoms with Gasteiger partial charge in [0.25, 0.3) is 0 Å². The Morgan fingerprint density at radius 3 is 1.26 bits per heavy atom. The van der Waals surface area contributed by atoms with E-state index in [9.17, 15) is 0 Å². The molecule has 272 valence electrons. The average Bonchev–Trinajstić information content (AvgIpc) is 3.68. The van der Waals surface area contributed by atoms with E-state index in [1.807, 2.05) is 36.4 Å². The van der Waals surface area contributed by atoms with E-state index < -0.39 is 25.8 Å². The minimum absolute atomic E-state index is 0. The van der Waals surface area contributed by atoms with Crippen LogP contribution in [0.25, 0.3) is 34.4 Å². The van der Waals surface area contributed by atoms with Crippen LogP contribution in [0.4, 0.5) is 0 Å². The fourth-order valence-electron chi connectivity index (χ4n) is 8.88. The summed E-state index contributed by atoms with van der Waals surface area (Å²) in [5.41, 5.74) is 14.2. The van der Waals surface area contributed by atoms with Crippen LogP contribution in [0.5, 0.6) is 0 Å². The Bertz CT molecular complexity index is 2370. The van der Waals surface area contributed by atoms with E-state index in [1.54, 1.807) is 0 Å². The van der Waals surface area contributed by atoms with Crippen LogP contribution in [-0.2, 0) is 26.6 Å². The van der Waals surface area contributed by atoms with Crippen LogP contribution < -0.4 is 0 Å². The molecule has 0 spiro atoms. The molecular weight excluding hydrogens is 885 g/mol. The van der Waals surface area contributed by atoms with Crippen molar-refractivity contribution in [1.29, 1.82) is 0 Å². The van der Waals surface area contributed by atoms with Crippen LogP contribution in [0.3, 0.4) is 0 Å². The molecule has 0 fully saturated rings. The molecule has 0 aromatic heterocycles. The third-order valence-corrected chi connectivity index (χ3v) is 32.4. The molecule has 0 bridgehead atoms. The topological polar surface area (TPSA) is 0 Å². The third-order valence-electron chi connectivity index (χ3n) is 10.9. The number of allylic oxidation sites excluding steroid dienone is 2. The Morgan fingerprint density at radius 2 is 0.889 bits per heavy atom. The second kappa shape index (κ2) is 16.2. The largest absolute Gasteiger partial charge is 0.147 e. The molecule has 0 N–H and O–H groups in total. The zero-order valence-corrected chi connectivity index (χ0v) is 38.3. The Balaban J connectivity index is 0.00000249. The first-order valence-electron chi connectivity index (χ1n) is 17.4. The van der Waals surface area contributed by atoms with E-state index in [0.29, 0.717) is 20.1 Å². The first kappa shape index (κ1) is 41.3. The standard InChI is InChI=1S/2C22H15Cl2.C2H6Si.2ClH.Zr/c2*1-14-12-16(20-11-8-17(23)13-22(20)24)7-9-18(14)21-10-6-15-4-2-3-5-19(15)21;1-3-2;;;/h2*2-13H,1H3;1-2H3;2*1H;. The molecule has 8 heteroatoms. The summed E-state index contributed by atoms with van der Waals surface area (Å²) in [5.74, 6) is 0. The molecule has 0 saturated carbocycles. The minimum atomic E-state index is -2.96. The molecule has 0 nitrogen and oxygen atoms in total.